The van der Waals surface area contributed by atoms with Crippen LogP contribution in [0.2, 0.25) is 5.02 Å². The zero-order chi connectivity index (χ0) is 14.8. The van der Waals surface area contributed by atoms with Crippen LogP contribution in [0.3, 0.4) is 0 Å². The number of ether oxygens (including phenoxy) is 1. The van der Waals surface area contributed by atoms with Crippen LogP contribution in [-0.2, 0) is 12.0 Å². The third-order valence-corrected chi connectivity index (χ3v) is 3.38. The van der Waals surface area contributed by atoms with E-state index in [2.05, 4.69) is 31.8 Å². The average molecular weight is 291 g/mol. The maximum absolute atomic E-state index is 6.01. The number of benzene rings is 1. The van der Waals surface area contributed by atoms with Crippen LogP contribution < -0.4 is 10.5 Å². The molecule has 4 heteroatoms. The number of hydrogen-bond donors (Lipinski definition) is 1. The van der Waals surface area contributed by atoms with Gasteiger partial charge < -0.3 is 10.5 Å². The van der Waals surface area contributed by atoms with Crippen molar-refractivity contribution in [3.63, 3.8) is 0 Å². The Labute approximate surface area is 124 Å². The molecule has 0 saturated carbocycles. The normalized spacial score (nSPS) is 11.4. The molecule has 20 heavy (non-hydrogen) atoms. The van der Waals surface area contributed by atoms with E-state index < -0.39 is 0 Å². The third-order valence-electron chi connectivity index (χ3n) is 3.04. The zero-order valence-electron chi connectivity index (χ0n) is 12.0. The molecule has 0 bridgehead atoms. The zero-order valence-corrected chi connectivity index (χ0v) is 12.7. The van der Waals surface area contributed by atoms with Crippen molar-refractivity contribution < 1.29 is 4.74 Å². The maximum Gasteiger partial charge on any atom is 0.219 e. The van der Waals surface area contributed by atoms with Crippen LogP contribution in [0.25, 0.3) is 0 Å². The number of rotatable bonds is 3. The van der Waals surface area contributed by atoms with Gasteiger partial charge in [-0.2, -0.15) is 0 Å². The van der Waals surface area contributed by atoms with Gasteiger partial charge in [0.15, 0.2) is 0 Å². The Balaban J connectivity index is 2.36. The fourth-order valence-electron chi connectivity index (χ4n) is 1.96. The summed E-state index contributed by atoms with van der Waals surface area (Å²) in [4.78, 5) is 4.20. The second kappa shape index (κ2) is 5.81. The van der Waals surface area contributed by atoms with Crippen LogP contribution in [0.5, 0.6) is 11.6 Å². The second-order valence-corrected chi connectivity index (χ2v) is 6.07. The summed E-state index contributed by atoms with van der Waals surface area (Å²) in [7, 11) is 0. The molecule has 0 aliphatic carbocycles. The van der Waals surface area contributed by atoms with Crippen LogP contribution in [0.4, 0.5) is 0 Å². The minimum absolute atomic E-state index is 0.000282. The smallest absolute Gasteiger partial charge is 0.219 e. The predicted molar refractivity (Wildman–Crippen MR) is 82.4 cm³/mol. The number of hydrogen-bond acceptors (Lipinski definition) is 3. The minimum atomic E-state index is -0.000282. The summed E-state index contributed by atoms with van der Waals surface area (Å²) in [5.41, 5.74) is 7.60. The van der Waals surface area contributed by atoms with Gasteiger partial charge in [0.1, 0.15) is 5.75 Å². The van der Waals surface area contributed by atoms with E-state index in [1.807, 2.05) is 18.2 Å². The van der Waals surface area contributed by atoms with Gasteiger partial charge in [0, 0.05) is 24.4 Å². The van der Waals surface area contributed by atoms with Crippen LogP contribution >= 0.6 is 11.6 Å². The fraction of sp³-hybridized carbons (Fsp3) is 0.312. The van der Waals surface area contributed by atoms with Crippen LogP contribution in [0.15, 0.2) is 36.5 Å². The van der Waals surface area contributed by atoms with Gasteiger partial charge in [0.2, 0.25) is 5.88 Å². The van der Waals surface area contributed by atoms with Gasteiger partial charge in [0.05, 0.1) is 5.02 Å². The molecule has 3 nitrogen and oxygen atoms in total. The molecule has 0 spiro atoms. The Hall–Kier alpha value is -1.58. The molecule has 0 atom stereocenters. The molecular weight excluding hydrogens is 272 g/mol. The van der Waals surface area contributed by atoms with Crippen molar-refractivity contribution in [2.24, 2.45) is 5.73 Å². The molecule has 1 heterocycles. The quantitative estimate of drug-likeness (QED) is 0.917. The standard InChI is InChI=1S/C16H19ClN2O/c1-16(2,3)12-6-4-5-7-14(12)20-15-8-11(9-18)13(17)10-19-15/h4-8,10H,9,18H2,1-3H3. The average Bonchev–Trinajstić information content (AvgIpc) is 2.40. The molecule has 1 aromatic carbocycles. The largest absolute Gasteiger partial charge is 0.439 e. The monoisotopic (exact) mass is 290 g/mol. The number of pyridine rings is 1. The van der Waals surface area contributed by atoms with E-state index in [0.717, 1.165) is 16.9 Å². The van der Waals surface area contributed by atoms with E-state index in [-0.39, 0.29) is 5.41 Å². The fourth-order valence-corrected chi connectivity index (χ4v) is 2.14. The van der Waals surface area contributed by atoms with E-state index in [4.69, 9.17) is 22.1 Å². The Morgan fingerprint density at radius 3 is 2.60 bits per heavy atom. The number of nitrogens with two attached hydrogens (primary N) is 1. The second-order valence-electron chi connectivity index (χ2n) is 5.67. The molecule has 0 aliphatic rings. The lowest BCUT2D eigenvalue weighted by Gasteiger charge is -2.22. The molecule has 1 aromatic heterocycles. The predicted octanol–water partition coefficient (Wildman–Crippen LogP) is 4.28. The first-order chi connectivity index (χ1) is 9.41. The Morgan fingerprint density at radius 2 is 1.95 bits per heavy atom. The molecule has 2 aromatic rings. The summed E-state index contributed by atoms with van der Waals surface area (Å²) in [6, 6.07) is 9.74. The van der Waals surface area contributed by atoms with Gasteiger partial charge in [0.25, 0.3) is 0 Å². The summed E-state index contributed by atoms with van der Waals surface area (Å²) < 4.78 is 5.91. The molecule has 106 valence electrons. The van der Waals surface area contributed by atoms with Crippen molar-refractivity contribution in [1.82, 2.24) is 4.98 Å². The van der Waals surface area contributed by atoms with Gasteiger partial charge in [-0.3, -0.25) is 0 Å². The topological polar surface area (TPSA) is 48.1 Å². The lowest BCUT2D eigenvalue weighted by Crippen LogP contribution is -2.12. The molecular formula is C16H19ClN2O. The summed E-state index contributed by atoms with van der Waals surface area (Å²) in [5.74, 6) is 1.31. The summed E-state index contributed by atoms with van der Waals surface area (Å²) in [5, 5.41) is 0.559. The summed E-state index contributed by atoms with van der Waals surface area (Å²) in [6.45, 7) is 6.81. The third kappa shape index (κ3) is 3.30. The molecule has 2 rings (SSSR count). The van der Waals surface area contributed by atoms with Crippen molar-refractivity contribution in [3.05, 3.63) is 52.7 Å². The molecule has 0 radical (unpaired) electrons. The minimum Gasteiger partial charge on any atom is -0.439 e. The highest BCUT2D eigenvalue weighted by Gasteiger charge is 2.19. The van der Waals surface area contributed by atoms with Gasteiger partial charge >= 0.3 is 0 Å². The van der Waals surface area contributed by atoms with E-state index in [1.165, 1.54) is 0 Å². The van der Waals surface area contributed by atoms with E-state index >= 15 is 0 Å². The number of nitrogens with zero attached hydrogens (tertiary/aromatic N) is 1. The number of aromatic nitrogens is 1. The highest BCUT2D eigenvalue weighted by Crippen LogP contribution is 2.33. The Morgan fingerprint density at radius 1 is 1.25 bits per heavy atom. The first-order valence-electron chi connectivity index (χ1n) is 6.53. The van der Waals surface area contributed by atoms with Crippen molar-refractivity contribution >= 4 is 11.6 Å². The van der Waals surface area contributed by atoms with Crippen molar-refractivity contribution in [2.75, 3.05) is 0 Å². The number of halogens is 1. The van der Waals surface area contributed by atoms with E-state index in [0.29, 0.717) is 17.4 Å². The van der Waals surface area contributed by atoms with Crippen LogP contribution in [0, 0.1) is 0 Å². The molecule has 2 N–H and O–H groups in total. The lowest BCUT2D eigenvalue weighted by molar-refractivity contribution is 0.439. The van der Waals surface area contributed by atoms with Gasteiger partial charge in [-0.25, -0.2) is 4.98 Å². The Bertz CT molecular complexity index is 606. The lowest BCUT2D eigenvalue weighted by atomic mass is 9.86. The van der Waals surface area contributed by atoms with E-state index in [9.17, 15) is 0 Å². The van der Waals surface area contributed by atoms with Gasteiger partial charge in [-0.1, -0.05) is 50.6 Å². The number of para-hydroxylation sites is 1. The summed E-state index contributed by atoms with van der Waals surface area (Å²) >= 11 is 6.01. The Kier molecular flexibility index (Phi) is 4.31. The molecule has 0 amide bonds. The highest BCUT2D eigenvalue weighted by atomic mass is 35.5. The van der Waals surface area contributed by atoms with Crippen molar-refractivity contribution in [2.45, 2.75) is 32.7 Å². The molecule has 0 fully saturated rings. The molecule has 0 saturated heterocycles. The maximum atomic E-state index is 6.01. The molecule has 0 unspecified atom stereocenters. The SMILES string of the molecule is CC(C)(C)c1ccccc1Oc1cc(CN)c(Cl)cn1. The van der Waals surface area contributed by atoms with Crippen LogP contribution in [-0.4, -0.2) is 4.98 Å². The first kappa shape index (κ1) is 14.8. The van der Waals surface area contributed by atoms with Gasteiger partial charge in [-0.05, 0) is 17.0 Å². The highest BCUT2D eigenvalue weighted by molar-refractivity contribution is 6.31. The summed E-state index contributed by atoms with van der Waals surface area (Å²) in [6.07, 6.45) is 1.57. The first-order valence-corrected chi connectivity index (χ1v) is 6.91. The van der Waals surface area contributed by atoms with Crippen LogP contribution in [0.1, 0.15) is 31.9 Å². The van der Waals surface area contributed by atoms with Gasteiger partial charge in [-0.15, -0.1) is 0 Å². The van der Waals surface area contributed by atoms with Crippen molar-refractivity contribution in [3.8, 4) is 11.6 Å². The molecule has 0 aliphatic heterocycles. The van der Waals surface area contributed by atoms with Crippen molar-refractivity contribution in [1.29, 1.82) is 0 Å². The van der Waals surface area contributed by atoms with E-state index in [1.54, 1.807) is 12.3 Å².